The topological polar surface area (TPSA) is 166 Å². The SMILES string of the molecule is [N-]=[N+]=Nc1ccc(OCCCNC(=O)O)c(OCCCNC(=O)O)c1. The highest BCUT2D eigenvalue weighted by atomic mass is 16.5. The molecule has 0 saturated carbocycles. The summed E-state index contributed by atoms with van der Waals surface area (Å²) in [6.45, 7) is 0.987. The minimum Gasteiger partial charge on any atom is -0.490 e. The van der Waals surface area contributed by atoms with Gasteiger partial charge in [0.2, 0.25) is 0 Å². The average Bonchev–Trinajstić information content (AvgIpc) is 2.55. The van der Waals surface area contributed by atoms with E-state index in [4.69, 9.17) is 25.2 Å². The highest BCUT2D eigenvalue weighted by Gasteiger charge is 2.07. The number of nitrogens with zero attached hydrogens (tertiary/aromatic N) is 3. The lowest BCUT2D eigenvalue weighted by Gasteiger charge is -2.13. The summed E-state index contributed by atoms with van der Waals surface area (Å²) in [5.41, 5.74) is 8.84. The molecule has 0 fully saturated rings. The summed E-state index contributed by atoms with van der Waals surface area (Å²) in [5.74, 6) is 0.768. The molecule has 0 saturated heterocycles. The van der Waals surface area contributed by atoms with Gasteiger partial charge in [0.25, 0.3) is 0 Å². The Morgan fingerprint density at radius 3 is 2.12 bits per heavy atom. The van der Waals surface area contributed by atoms with Crippen LogP contribution in [0.5, 0.6) is 11.5 Å². The molecule has 25 heavy (non-hydrogen) atoms. The maximum Gasteiger partial charge on any atom is 0.404 e. The number of carbonyl (C=O) groups is 2. The molecule has 0 atom stereocenters. The van der Waals surface area contributed by atoms with E-state index in [9.17, 15) is 9.59 Å². The van der Waals surface area contributed by atoms with Gasteiger partial charge < -0.3 is 30.3 Å². The van der Waals surface area contributed by atoms with Crippen molar-refractivity contribution in [3.8, 4) is 11.5 Å². The van der Waals surface area contributed by atoms with Gasteiger partial charge in [0.05, 0.1) is 13.2 Å². The van der Waals surface area contributed by atoms with Gasteiger partial charge in [-0.1, -0.05) is 5.11 Å². The molecular weight excluding hydrogens is 334 g/mol. The standard InChI is InChI=1S/C14H19N5O6/c15-19-18-10-3-4-11(24-7-1-5-16-13(20)21)12(9-10)25-8-2-6-17-14(22)23/h3-4,9,16-17H,1-2,5-8H2,(H,20,21)(H,22,23). The molecule has 0 bridgehead atoms. The summed E-state index contributed by atoms with van der Waals surface area (Å²) < 4.78 is 11.1. The minimum absolute atomic E-state index is 0.233. The van der Waals surface area contributed by atoms with Crippen molar-refractivity contribution in [2.45, 2.75) is 12.8 Å². The molecule has 0 spiro atoms. The van der Waals surface area contributed by atoms with Crippen LogP contribution in [0.25, 0.3) is 10.4 Å². The summed E-state index contributed by atoms with van der Waals surface area (Å²) in [7, 11) is 0. The van der Waals surface area contributed by atoms with Gasteiger partial charge >= 0.3 is 12.2 Å². The average molecular weight is 353 g/mol. The van der Waals surface area contributed by atoms with E-state index < -0.39 is 12.2 Å². The van der Waals surface area contributed by atoms with E-state index in [0.29, 0.717) is 30.0 Å². The smallest absolute Gasteiger partial charge is 0.404 e. The van der Waals surface area contributed by atoms with Crippen molar-refractivity contribution in [1.82, 2.24) is 10.6 Å². The van der Waals surface area contributed by atoms with E-state index in [1.165, 1.54) is 6.07 Å². The van der Waals surface area contributed by atoms with Crippen LogP contribution < -0.4 is 20.1 Å². The lowest BCUT2D eigenvalue weighted by atomic mass is 10.3. The Morgan fingerprint density at radius 2 is 1.60 bits per heavy atom. The molecule has 136 valence electrons. The summed E-state index contributed by atoms with van der Waals surface area (Å²) in [6.07, 6.45) is -1.30. The summed E-state index contributed by atoms with van der Waals surface area (Å²) in [5, 5.41) is 24.9. The van der Waals surface area contributed by atoms with Crippen LogP contribution in [0.15, 0.2) is 23.3 Å². The van der Waals surface area contributed by atoms with Crippen molar-refractivity contribution in [3.63, 3.8) is 0 Å². The van der Waals surface area contributed by atoms with Crippen LogP contribution in [0.3, 0.4) is 0 Å². The van der Waals surface area contributed by atoms with Gasteiger partial charge in [0.1, 0.15) is 0 Å². The van der Waals surface area contributed by atoms with Gasteiger partial charge in [-0.25, -0.2) is 9.59 Å². The summed E-state index contributed by atoms with van der Waals surface area (Å²) in [6, 6.07) is 4.65. The van der Waals surface area contributed by atoms with Crippen molar-refractivity contribution >= 4 is 17.9 Å². The van der Waals surface area contributed by atoms with E-state index in [1.807, 2.05) is 0 Å². The Labute approximate surface area is 143 Å². The summed E-state index contributed by atoms with van der Waals surface area (Å²) >= 11 is 0. The molecule has 0 unspecified atom stereocenters. The zero-order valence-electron chi connectivity index (χ0n) is 13.3. The first-order valence-corrected chi connectivity index (χ1v) is 7.41. The van der Waals surface area contributed by atoms with Crippen LogP contribution >= 0.6 is 0 Å². The fourth-order valence-electron chi connectivity index (χ4n) is 1.74. The quantitative estimate of drug-likeness (QED) is 0.206. The van der Waals surface area contributed by atoms with Crippen LogP contribution in [0.2, 0.25) is 0 Å². The van der Waals surface area contributed by atoms with E-state index >= 15 is 0 Å². The van der Waals surface area contributed by atoms with E-state index in [1.54, 1.807) is 12.1 Å². The van der Waals surface area contributed by atoms with Crippen LogP contribution in [0.4, 0.5) is 15.3 Å². The maximum atomic E-state index is 10.4. The molecule has 2 amide bonds. The van der Waals surface area contributed by atoms with E-state index in [0.717, 1.165) is 0 Å². The van der Waals surface area contributed by atoms with Gasteiger partial charge in [-0.05, 0) is 36.6 Å². The predicted molar refractivity (Wildman–Crippen MR) is 87.5 cm³/mol. The second-order valence-corrected chi connectivity index (χ2v) is 4.69. The first-order valence-electron chi connectivity index (χ1n) is 7.41. The Balaban J connectivity index is 2.57. The molecule has 11 heteroatoms. The van der Waals surface area contributed by atoms with Crippen molar-refractivity contribution in [2.75, 3.05) is 26.3 Å². The number of azide groups is 1. The number of carboxylic acid groups (broad SMARTS) is 2. The van der Waals surface area contributed by atoms with Crippen LogP contribution in [-0.4, -0.2) is 48.7 Å². The van der Waals surface area contributed by atoms with Crippen LogP contribution in [0.1, 0.15) is 12.8 Å². The number of rotatable bonds is 11. The monoisotopic (exact) mass is 353 g/mol. The number of hydrogen-bond acceptors (Lipinski definition) is 5. The molecular formula is C14H19N5O6. The first kappa shape index (κ1) is 19.7. The summed E-state index contributed by atoms with van der Waals surface area (Å²) in [4.78, 5) is 23.4. The largest absolute Gasteiger partial charge is 0.490 e. The fraction of sp³-hybridized carbons (Fsp3) is 0.429. The van der Waals surface area contributed by atoms with Gasteiger partial charge in [0.15, 0.2) is 11.5 Å². The van der Waals surface area contributed by atoms with Gasteiger partial charge in [-0.3, -0.25) is 0 Å². The third-order valence-electron chi connectivity index (χ3n) is 2.80. The highest BCUT2D eigenvalue weighted by Crippen LogP contribution is 2.32. The zero-order valence-corrected chi connectivity index (χ0v) is 13.3. The Morgan fingerprint density at radius 1 is 1.04 bits per heavy atom. The fourth-order valence-corrected chi connectivity index (χ4v) is 1.74. The number of ether oxygens (including phenoxy) is 2. The molecule has 0 aromatic heterocycles. The molecule has 1 aromatic rings. The molecule has 0 aliphatic carbocycles. The van der Waals surface area contributed by atoms with Crippen molar-refractivity contribution < 1.29 is 29.3 Å². The van der Waals surface area contributed by atoms with Crippen molar-refractivity contribution in [2.24, 2.45) is 5.11 Å². The third kappa shape index (κ3) is 8.77. The molecule has 0 radical (unpaired) electrons. The lowest BCUT2D eigenvalue weighted by molar-refractivity contribution is 0.191. The van der Waals surface area contributed by atoms with Gasteiger partial charge in [-0.15, -0.1) is 0 Å². The Kier molecular flexibility index (Phi) is 8.87. The number of hydrogen-bond donors (Lipinski definition) is 4. The molecule has 0 heterocycles. The molecule has 1 aromatic carbocycles. The lowest BCUT2D eigenvalue weighted by Crippen LogP contribution is -2.23. The highest BCUT2D eigenvalue weighted by molar-refractivity contribution is 5.64. The first-order chi connectivity index (χ1) is 12.0. The van der Waals surface area contributed by atoms with Crippen LogP contribution in [-0.2, 0) is 0 Å². The van der Waals surface area contributed by atoms with Gasteiger partial charge in [-0.2, -0.15) is 0 Å². The predicted octanol–water partition coefficient (Wildman–Crippen LogP) is 2.70. The third-order valence-corrected chi connectivity index (χ3v) is 2.80. The normalized spacial score (nSPS) is 9.60. The molecule has 11 nitrogen and oxygen atoms in total. The Hall–Kier alpha value is -3.33. The van der Waals surface area contributed by atoms with Crippen molar-refractivity contribution in [3.05, 3.63) is 28.6 Å². The van der Waals surface area contributed by atoms with Crippen molar-refractivity contribution in [1.29, 1.82) is 0 Å². The van der Waals surface area contributed by atoms with E-state index in [2.05, 4.69) is 20.7 Å². The van der Waals surface area contributed by atoms with E-state index in [-0.39, 0.29) is 26.3 Å². The second-order valence-electron chi connectivity index (χ2n) is 4.69. The maximum absolute atomic E-state index is 10.4. The van der Waals surface area contributed by atoms with Crippen LogP contribution in [0, 0.1) is 0 Å². The van der Waals surface area contributed by atoms with Gasteiger partial charge in [0, 0.05) is 23.7 Å². The number of nitrogens with one attached hydrogen (secondary N) is 2. The molecule has 4 N–H and O–H groups in total. The molecule has 0 aliphatic heterocycles. The number of amides is 2. The minimum atomic E-state index is -1.11. The molecule has 0 aliphatic rings. The zero-order chi connectivity index (χ0) is 18.5. The Bertz CT molecular complexity index is 632. The second kappa shape index (κ2) is 11.2. The number of benzene rings is 1. The molecule has 1 rings (SSSR count).